The Labute approximate surface area is 132 Å². The molecule has 2 rings (SSSR count). The lowest BCUT2D eigenvalue weighted by molar-refractivity contribution is 0.0697. The largest absolute Gasteiger partial charge is 0.478 e. The van der Waals surface area contributed by atoms with Gasteiger partial charge in [0, 0.05) is 0 Å². The molecule has 6 nitrogen and oxygen atoms in total. The monoisotopic (exact) mass is 340 g/mol. The number of nitrogens with one attached hydrogen (secondary N) is 1. The molecule has 0 aliphatic carbocycles. The molecule has 0 saturated carbocycles. The van der Waals surface area contributed by atoms with E-state index in [2.05, 4.69) is 9.71 Å². The van der Waals surface area contributed by atoms with E-state index in [4.69, 9.17) is 5.11 Å². The Morgan fingerprint density at radius 2 is 2.05 bits per heavy atom. The molecule has 0 bridgehead atoms. The number of nitrogens with zero attached hydrogens (tertiary/aromatic N) is 1. The second-order valence-electron chi connectivity index (χ2n) is 4.74. The van der Waals surface area contributed by atoms with Gasteiger partial charge in [0.25, 0.3) is 10.0 Å². The van der Waals surface area contributed by atoms with Gasteiger partial charge in [0.05, 0.1) is 22.0 Å². The first-order valence-electron chi connectivity index (χ1n) is 6.57. The molecule has 0 aliphatic heterocycles. The predicted molar refractivity (Wildman–Crippen MR) is 85.2 cm³/mol. The molecule has 1 aromatic heterocycles. The lowest BCUT2D eigenvalue weighted by Gasteiger charge is -2.12. The number of thiazole rings is 1. The Balaban J connectivity index is 2.47. The van der Waals surface area contributed by atoms with Crippen molar-refractivity contribution in [1.29, 1.82) is 0 Å². The highest BCUT2D eigenvalue weighted by molar-refractivity contribution is 7.94. The van der Waals surface area contributed by atoms with E-state index >= 15 is 0 Å². The fourth-order valence-electron chi connectivity index (χ4n) is 2.07. The second-order valence-corrected chi connectivity index (χ2v) is 7.82. The summed E-state index contributed by atoms with van der Waals surface area (Å²) in [6, 6.07) is 4.41. The Morgan fingerprint density at radius 1 is 1.36 bits per heavy atom. The number of aromatic nitrogens is 1. The van der Waals surface area contributed by atoms with Crippen molar-refractivity contribution in [2.75, 3.05) is 4.72 Å². The SMILES string of the molecule is CCc1ccc(C(=O)O)cc1NS(=O)(=O)c1sc(C)nc1C. The first kappa shape index (κ1) is 16.4. The first-order chi connectivity index (χ1) is 10.2. The summed E-state index contributed by atoms with van der Waals surface area (Å²) >= 11 is 1.09. The molecule has 0 unspecified atom stereocenters. The van der Waals surface area contributed by atoms with Gasteiger partial charge in [-0.05, 0) is 38.0 Å². The van der Waals surface area contributed by atoms with Gasteiger partial charge in [-0.1, -0.05) is 13.0 Å². The molecule has 22 heavy (non-hydrogen) atoms. The van der Waals surface area contributed by atoms with E-state index in [1.807, 2.05) is 6.92 Å². The van der Waals surface area contributed by atoms with Crippen molar-refractivity contribution in [2.45, 2.75) is 31.4 Å². The number of carboxylic acids is 1. The van der Waals surface area contributed by atoms with Crippen LogP contribution in [0.3, 0.4) is 0 Å². The lowest BCUT2D eigenvalue weighted by Crippen LogP contribution is -2.14. The Kier molecular flexibility index (Phi) is 4.52. The topological polar surface area (TPSA) is 96.4 Å². The minimum absolute atomic E-state index is 0.0344. The van der Waals surface area contributed by atoms with Crippen LogP contribution in [0, 0.1) is 13.8 Å². The van der Waals surface area contributed by atoms with E-state index < -0.39 is 16.0 Å². The van der Waals surface area contributed by atoms with Crippen molar-refractivity contribution in [3.63, 3.8) is 0 Å². The number of carboxylic acid groups (broad SMARTS) is 1. The highest BCUT2D eigenvalue weighted by atomic mass is 32.2. The van der Waals surface area contributed by atoms with Gasteiger partial charge >= 0.3 is 5.97 Å². The van der Waals surface area contributed by atoms with Crippen LogP contribution >= 0.6 is 11.3 Å². The maximum absolute atomic E-state index is 12.5. The summed E-state index contributed by atoms with van der Waals surface area (Å²) in [5.74, 6) is -1.10. The van der Waals surface area contributed by atoms with Crippen LogP contribution in [-0.4, -0.2) is 24.5 Å². The van der Waals surface area contributed by atoms with Gasteiger partial charge < -0.3 is 5.11 Å². The van der Waals surface area contributed by atoms with Gasteiger partial charge in [-0.3, -0.25) is 4.72 Å². The van der Waals surface area contributed by atoms with E-state index in [0.717, 1.165) is 16.9 Å². The Hall–Kier alpha value is -1.93. The molecule has 0 saturated heterocycles. The van der Waals surface area contributed by atoms with Crippen molar-refractivity contribution < 1.29 is 18.3 Å². The summed E-state index contributed by atoms with van der Waals surface area (Å²) in [7, 11) is -3.79. The first-order valence-corrected chi connectivity index (χ1v) is 8.87. The molecule has 8 heteroatoms. The van der Waals surface area contributed by atoms with Crippen LogP contribution in [0.15, 0.2) is 22.4 Å². The molecule has 0 atom stereocenters. The van der Waals surface area contributed by atoms with Gasteiger partial charge in [0.15, 0.2) is 4.21 Å². The predicted octanol–water partition coefficient (Wildman–Crippen LogP) is 2.82. The highest BCUT2D eigenvalue weighted by Crippen LogP contribution is 2.27. The summed E-state index contributed by atoms with van der Waals surface area (Å²) in [5.41, 5.74) is 1.48. The maximum Gasteiger partial charge on any atom is 0.335 e. The zero-order valence-electron chi connectivity index (χ0n) is 12.4. The molecular formula is C14H16N2O4S2. The van der Waals surface area contributed by atoms with E-state index in [1.165, 1.54) is 12.1 Å². The van der Waals surface area contributed by atoms with Crippen LogP contribution in [-0.2, 0) is 16.4 Å². The number of sulfonamides is 1. The summed E-state index contributed by atoms with van der Waals surface area (Å²) in [6.45, 7) is 5.24. The minimum Gasteiger partial charge on any atom is -0.478 e. The molecule has 0 radical (unpaired) electrons. The second kappa shape index (κ2) is 6.05. The van der Waals surface area contributed by atoms with Crippen molar-refractivity contribution in [3.8, 4) is 0 Å². The molecule has 1 heterocycles. The van der Waals surface area contributed by atoms with E-state index in [0.29, 0.717) is 17.1 Å². The molecule has 0 fully saturated rings. The summed E-state index contributed by atoms with van der Waals surface area (Å²) in [5, 5.41) is 9.71. The fraction of sp³-hybridized carbons (Fsp3) is 0.286. The number of anilines is 1. The third kappa shape index (κ3) is 3.28. The number of benzene rings is 1. The highest BCUT2D eigenvalue weighted by Gasteiger charge is 2.22. The van der Waals surface area contributed by atoms with Crippen molar-refractivity contribution in [3.05, 3.63) is 40.0 Å². The summed E-state index contributed by atoms with van der Waals surface area (Å²) in [6.07, 6.45) is 0.582. The fourth-order valence-corrected chi connectivity index (χ4v) is 4.64. The summed E-state index contributed by atoms with van der Waals surface area (Å²) in [4.78, 5) is 15.2. The van der Waals surface area contributed by atoms with Crippen LogP contribution < -0.4 is 4.72 Å². The van der Waals surface area contributed by atoms with Gasteiger partial charge in [-0.15, -0.1) is 11.3 Å². The molecule has 1 aromatic carbocycles. The third-order valence-corrected chi connectivity index (χ3v) is 6.14. The van der Waals surface area contributed by atoms with E-state index in [1.54, 1.807) is 19.9 Å². The van der Waals surface area contributed by atoms with Gasteiger partial charge in [-0.25, -0.2) is 18.2 Å². The van der Waals surface area contributed by atoms with Crippen molar-refractivity contribution in [2.24, 2.45) is 0 Å². The maximum atomic E-state index is 12.5. The van der Waals surface area contributed by atoms with Gasteiger partial charge in [0.1, 0.15) is 0 Å². The average molecular weight is 340 g/mol. The molecule has 2 aromatic rings. The molecule has 118 valence electrons. The van der Waals surface area contributed by atoms with Crippen molar-refractivity contribution in [1.82, 2.24) is 4.98 Å². The quantitative estimate of drug-likeness (QED) is 0.872. The molecule has 0 amide bonds. The normalized spacial score (nSPS) is 11.4. The zero-order chi connectivity index (χ0) is 16.5. The Morgan fingerprint density at radius 3 is 2.55 bits per heavy atom. The number of rotatable bonds is 5. The van der Waals surface area contributed by atoms with Crippen LogP contribution in [0.25, 0.3) is 0 Å². The van der Waals surface area contributed by atoms with Gasteiger partial charge in [-0.2, -0.15) is 0 Å². The lowest BCUT2D eigenvalue weighted by atomic mass is 10.1. The molecule has 0 aliphatic rings. The third-order valence-electron chi connectivity index (χ3n) is 3.09. The molecular weight excluding hydrogens is 324 g/mol. The number of carbonyl (C=O) groups is 1. The number of hydrogen-bond acceptors (Lipinski definition) is 5. The minimum atomic E-state index is -3.79. The standard InChI is InChI=1S/C14H16N2O4S2/c1-4-10-5-6-11(13(17)18)7-12(10)16-22(19,20)14-8(2)15-9(3)21-14/h5-7,16H,4H2,1-3H3,(H,17,18). The van der Waals surface area contributed by atoms with Crippen LogP contribution in [0.4, 0.5) is 5.69 Å². The average Bonchev–Trinajstić information content (AvgIpc) is 2.78. The van der Waals surface area contributed by atoms with Crippen LogP contribution in [0.5, 0.6) is 0 Å². The van der Waals surface area contributed by atoms with Crippen LogP contribution in [0.2, 0.25) is 0 Å². The summed E-state index contributed by atoms with van der Waals surface area (Å²) < 4.78 is 27.6. The smallest absolute Gasteiger partial charge is 0.335 e. The van der Waals surface area contributed by atoms with E-state index in [-0.39, 0.29) is 15.5 Å². The number of hydrogen-bond donors (Lipinski definition) is 2. The van der Waals surface area contributed by atoms with Crippen LogP contribution in [0.1, 0.15) is 33.5 Å². The zero-order valence-corrected chi connectivity index (χ0v) is 14.0. The van der Waals surface area contributed by atoms with Crippen molar-refractivity contribution >= 4 is 33.0 Å². The number of aromatic carboxylic acids is 1. The van der Waals surface area contributed by atoms with E-state index in [9.17, 15) is 13.2 Å². The number of aryl methyl sites for hydroxylation is 3. The van der Waals surface area contributed by atoms with Gasteiger partial charge in [0.2, 0.25) is 0 Å². The molecule has 0 spiro atoms. The Bertz CT molecular complexity index is 825. The molecule has 2 N–H and O–H groups in total.